The summed E-state index contributed by atoms with van der Waals surface area (Å²) in [5.41, 5.74) is 1.38. The Balaban J connectivity index is 1.59. The predicted octanol–water partition coefficient (Wildman–Crippen LogP) is 3.06. The van der Waals surface area contributed by atoms with Crippen molar-refractivity contribution in [3.63, 3.8) is 0 Å². The number of aromatic nitrogens is 3. The lowest BCUT2D eigenvalue weighted by atomic mass is 9.99. The normalized spacial score (nSPS) is 14.0. The standard InChI is InChI=1S/C24H24N4O3/c1-24(2,3)31-23(30)28-14-17(15-28)21-26-20-13-16(8-10-18-7-5-6-12-25-18)9-11-19(20)22(29)27(21)4/h5-7,9,11-13,17H,14-15H2,1-4H3. The van der Waals surface area contributed by atoms with Crippen LogP contribution in [0.15, 0.2) is 47.4 Å². The van der Waals surface area contributed by atoms with E-state index in [0.29, 0.717) is 35.5 Å². The molecule has 0 atom stereocenters. The quantitative estimate of drug-likeness (QED) is 0.570. The molecule has 0 N–H and O–H groups in total. The Hall–Kier alpha value is -3.66. The van der Waals surface area contributed by atoms with Gasteiger partial charge in [0.2, 0.25) is 0 Å². The molecule has 4 rings (SSSR count). The molecular formula is C24H24N4O3. The monoisotopic (exact) mass is 416 g/mol. The fourth-order valence-electron chi connectivity index (χ4n) is 3.42. The number of carbonyl (C=O) groups is 1. The number of rotatable bonds is 1. The number of ether oxygens (including phenoxy) is 1. The molecule has 1 saturated heterocycles. The van der Waals surface area contributed by atoms with Crippen molar-refractivity contribution in [2.45, 2.75) is 32.3 Å². The van der Waals surface area contributed by atoms with Crippen LogP contribution in [0, 0.1) is 11.8 Å². The van der Waals surface area contributed by atoms with Crippen molar-refractivity contribution in [3.8, 4) is 11.8 Å². The first-order valence-corrected chi connectivity index (χ1v) is 10.1. The van der Waals surface area contributed by atoms with E-state index in [1.807, 2.05) is 51.1 Å². The second-order valence-electron chi connectivity index (χ2n) is 8.61. The Labute approximate surface area is 180 Å². The van der Waals surface area contributed by atoms with Gasteiger partial charge in [0.1, 0.15) is 17.1 Å². The van der Waals surface area contributed by atoms with Gasteiger partial charge in [-0.3, -0.25) is 9.36 Å². The van der Waals surface area contributed by atoms with E-state index >= 15 is 0 Å². The van der Waals surface area contributed by atoms with Crippen LogP contribution in [0.5, 0.6) is 0 Å². The van der Waals surface area contributed by atoms with Gasteiger partial charge in [0.15, 0.2) is 0 Å². The summed E-state index contributed by atoms with van der Waals surface area (Å²) in [6.07, 6.45) is 1.35. The molecule has 1 amide bonds. The number of likely N-dealkylation sites (tertiary alicyclic amines) is 1. The van der Waals surface area contributed by atoms with E-state index < -0.39 is 5.60 Å². The Morgan fingerprint density at radius 3 is 2.61 bits per heavy atom. The van der Waals surface area contributed by atoms with Crippen molar-refractivity contribution in [1.82, 2.24) is 19.4 Å². The molecule has 0 unspecified atom stereocenters. The summed E-state index contributed by atoms with van der Waals surface area (Å²) in [4.78, 5) is 35.6. The molecule has 2 aromatic heterocycles. The molecule has 0 radical (unpaired) electrons. The first-order valence-electron chi connectivity index (χ1n) is 10.1. The van der Waals surface area contributed by atoms with Gasteiger partial charge in [0.25, 0.3) is 5.56 Å². The van der Waals surface area contributed by atoms with Crippen LogP contribution in [0.25, 0.3) is 10.9 Å². The van der Waals surface area contributed by atoms with Crippen molar-refractivity contribution >= 4 is 17.0 Å². The SMILES string of the molecule is Cn1c(C2CN(C(=O)OC(C)(C)C)C2)nc2cc(C#Cc3ccccn3)ccc2c1=O. The van der Waals surface area contributed by atoms with Crippen LogP contribution in [0.4, 0.5) is 4.79 Å². The zero-order chi connectivity index (χ0) is 22.2. The molecule has 3 heterocycles. The van der Waals surface area contributed by atoms with Gasteiger partial charge in [-0.15, -0.1) is 0 Å². The van der Waals surface area contributed by atoms with Crippen molar-refractivity contribution in [2.75, 3.05) is 13.1 Å². The molecule has 0 aliphatic carbocycles. The molecule has 3 aromatic rings. The third-order valence-corrected chi connectivity index (χ3v) is 5.01. The molecule has 1 fully saturated rings. The predicted molar refractivity (Wildman–Crippen MR) is 118 cm³/mol. The Kier molecular flexibility index (Phi) is 5.24. The maximum absolute atomic E-state index is 12.9. The average Bonchev–Trinajstić information content (AvgIpc) is 2.68. The van der Waals surface area contributed by atoms with Gasteiger partial charge < -0.3 is 9.64 Å². The highest BCUT2D eigenvalue weighted by Crippen LogP contribution is 2.27. The minimum Gasteiger partial charge on any atom is -0.444 e. The van der Waals surface area contributed by atoms with E-state index in [4.69, 9.17) is 9.72 Å². The largest absolute Gasteiger partial charge is 0.444 e. The topological polar surface area (TPSA) is 77.3 Å². The lowest BCUT2D eigenvalue weighted by molar-refractivity contribution is 0.00722. The fraction of sp³-hybridized carbons (Fsp3) is 0.333. The number of nitrogens with zero attached hydrogens (tertiary/aromatic N) is 4. The Bertz CT molecular complexity index is 1260. The van der Waals surface area contributed by atoms with Crippen molar-refractivity contribution in [3.05, 3.63) is 70.0 Å². The third kappa shape index (κ3) is 4.43. The van der Waals surface area contributed by atoms with Gasteiger partial charge >= 0.3 is 6.09 Å². The maximum atomic E-state index is 12.9. The van der Waals surface area contributed by atoms with Crippen LogP contribution in [0.1, 0.15) is 43.8 Å². The molecule has 0 saturated carbocycles. The Morgan fingerprint density at radius 2 is 1.94 bits per heavy atom. The summed E-state index contributed by atoms with van der Waals surface area (Å²) >= 11 is 0. The minimum atomic E-state index is -0.539. The van der Waals surface area contributed by atoms with Gasteiger partial charge in [-0.05, 0) is 57.0 Å². The summed E-state index contributed by atoms with van der Waals surface area (Å²) in [5.74, 6) is 6.74. The summed E-state index contributed by atoms with van der Waals surface area (Å²) in [6, 6.07) is 11.0. The lowest BCUT2D eigenvalue weighted by Crippen LogP contribution is -2.51. The van der Waals surface area contributed by atoms with Gasteiger partial charge in [0, 0.05) is 31.9 Å². The average molecular weight is 416 g/mol. The summed E-state index contributed by atoms with van der Waals surface area (Å²) in [6.45, 7) is 6.46. The van der Waals surface area contributed by atoms with Gasteiger partial charge in [-0.1, -0.05) is 12.0 Å². The second kappa shape index (κ2) is 7.88. The van der Waals surface area contributed by atoms with Crippen LogP contribution in [-0.4, -0.2) is 44.2 Å². The van der Waals surface area contributed by atoms with Crippen LogP contribution in [0.2, 0.25) is 0 Å². The summed E-state index contributed by atoms with van der Waals surface area (Å²) in [5, 5.41) is 0.540. The number of amides is 1. The van der Waals surface area contributed by atoms with E-state index in [0.717, 1.165) is 5.56 Å². The number of fused-ring (bicyclic) bond motifs is 1. The maximum Gasteiger partial charge on any atom is 0.410 e. The molecular weight excluding hydrogens is 392 g/mol. The van der Waals surface area contributed by atoms with E-state index in [9.17, 15) is 9.59 Å². The summed E-state index contributed by atoms with van der Waals surface area (Å²) < 4.78 is 6.98. The van der Waals surface area contributed by atoms with Crippen LogP contribution >= 0.6 is 0 Å². The second-order valence-corrected chi connectivity index (χ2v) is 8.61. The van der Waals surface area contributed by atoms with Crippen molar-refractivity contribution in [2.24, 2.45) is 7.05 Å². The molecule has 1 aliphatic heterocycles. The molecule has 7 heteroatoms. The first kappa shape index (κ1) is 20.6. The third-order valence-electron chi connectivity index (χ3n) is 5.01. The van der Waals surface area contributed by atoms with E-state index in [1.54, 1.807) is 28.8 Å². The van der Waals surface area contributed by atoms with Crippen LogP contribution < -0.4 is 5.56 Å². The smallest absolute Gasteiger partial charge is 0.410 e. The van der Waals surface area contributed by atoms with E-state index in [-0.39, 0.29) is 17.6 Å². The lowest BCUT2D eigenvalue weighted by Gasteiger charge is -2.39. The van der Waals surface area contributed by atoms with Crippen LogP contribution in [-0.2, 0) is 11.8 Å². The zero-order valence-electron chi connectivity index (χ0n) is 18.0. The first-order chi connectivity index (χ1) is 14.7. The molecule has 1 aromatic carbocycles. The van der Waals surface area contributed by atoms with Gasteiger partial charge in [-0.25, -0.2) is 14.8 Å². The fourth-order valence-corrected chi connectivity index (χ4v) is 3.42. The molecule has 0 bridgehead atoms. The van der Waals surface area contributed by atoms with Crippen molar-refractivity contribution < 1.29 is 9.53 Å². The molecule has 0 spiro atoms. The van der Waals surface area contributed by atoms with E-state index in [2.05, 4.69) is 16.8 Å². The minimum absolute atomic E-state index is 0.0159. The van der Waals surface area contributed by atoms with Gasteiger partial charge in [0.05, 0.1) is 16.8 Å². The highest BCUT2D eigenvalue weighted by molar-refractivity contribution is 5.79. The number of pyridine rings is 1. The molecule has 7 nitrogen and oxygen atoms in total. The number of benzene rings is 1. The van der Waals surface area contributed by atoms with E-state index in [1.165, 1.54) is 0 Å². The number of hydrogen-bond donors (Lipinski definition) is 0. The number of hydrogen-bond acceptors (Lipinski definition) is 5. The van der Waals surface area contributed by atoms with Crippen LogP contribution in [0.3, 0.4) is 0 Å². The highest BCUT2D eigenvalue weighted by Gasteiger charge is 2.36. The highest BCUT2D eigenvalue weighted by atomic mass is 16.6. The molecule has 31 heavy (non-hydrogen) atoms. The zero-order valence-corrected chi connectivity index (χ0v) is 18.0. The summed E-state index contributed by atoms with van der Waals surface area (Å²) in [7, 11) is 1.72. The Morgan fingerprint density at radius 1 is 1.16 bits per heavy atom. The molecule has 158 valence electrons. The number of carbonyl (C=O) groups excluding carboxylic acids is 1. The van der Waals surface area contributed by atoms with Crippen molar-refractivity contribution in [1.29, 1.82) is 0 Å². The van der Waals surface area contributed by atoms with Gasteiger partial charge in [-0.2, -0.15) is 0 Å². The molecule has 1 aliphatic rings.